The molecule has 0 radical (unpaired) electrons. The lowest BCUT2D eigenvalue weighted by Crippen LogP contribution is -2.13. The van der Waals surface area contributed by atoms with Crippen molar-refractivity contribution in [3.8, 4) is 11.1 Å². The third kappa shape index (κ3) is 3.17. The molecule has 4 nitrogen and oxygen atoms in total. The minimum Gasteiger partial charge on any atom is -0.338 e. The molecule has 0 fully saturated rings. The number of benzene rings is 2. The lowest BCUT2D eigenvalue weighted by Gasteiger charge is -2.08. The molecular weight excluding hydrogens is 262 g/mol. The van der Waals surface area contributed by atoms with E-state index in [1.807, 2.05) is 18.2 Å². The first kappa shape index (κ1) is 13.5. The monoisotopic (exact) mass is 279 g/mol. The number of hydrogen-bond acceptors (Lipinski definition) is 4. The summed E-state index contributed by atoms with van der Waals surface area (Å²) in [6, 6.07) is 18.4. The van der Waals surface area contributed by atoms with Crippen LogP contribution < -0.4 is 5.73 Å². The van der Waals surface area contributed by atoms with Crippen LogP contribution in [-0.4, -0.2) is 10.1 Å². The first-order chi connectivity index (χ1) is 10.2. The highest BCUT2D eigenvalue weighted by Gasteiger charge is 2.14. The van der Waals surface area contributed by atoms with Gasteiger partial charge in [0, 0.05) is 0 Å². The number of aryl methyl sites for hydroxylation is 1. The Morgan fingerprint density at radius 1 is 1.00 bits per heavy atom. The number of rotatable bonds is 4. The second-order valence-electron chi connectivity index (χ2n) is 5.05. The molecule has 0 saturated carbocycles. The predicted octanol–water partition coefficient (Wildman–Crippen LogP) is 3.29. The van der Waals surface area contributed by atoms with E-state index in [1.54, 1.807) is 6.92 Å². The van der Waals surface area contributed by atoms with Crippen LogP contribution in [0, 0.1) is 6.92 Å². The summed E-state index contributed by atoms with van der Waals surface area (Å²) in [5.74, 6) is 1.10. The number of hydrogen-bond donors (Lipinski definition) is 1. The molecule has 0 aliphatic rings. The Hall–Kier alpha value is -2.46. The van der Waals surface area contributed by atoms with Gasteiger partial charge in [-0.3, -0.25) is 0 Å². The van der Waals surface area contributed by atoms with Crippen LogP contribution in [0.3, 0.4) is 0 Å². The average molecular weight is 279 g/mol. The molecule has 2 N–H and O–H groups in total. The van der Waals surface area contributed by atoms with Crippen LogP contribution in [0.2, 0.25) is 0 Å². The quantitative estimate of drug-likeness (QED) is 0.796. The molecule has 106 valence electrons. The Morgan fingerprint density at radius 3 is 2.29 bits per heavy atom. The zero-order valence-corrected chi connectivity index (χ0v) is 11.9. The summed E-state index contributed by atoms with van der Waals surface area (Å²) in [6.07, 6.45) is 0.677. The molecule has 1 atom stereocenters. The minimum atomic E-state index is -0.270. The van der Waals surface area contributed by atoms with Crippen LogP contribution in [-0.2, 0) is 6.42 Å². The maximum absolute atomic E-state index is 6.09. The fourth-order valence-electron chi connectivity index (χ4n) is 2.27. The van der Waals surface area contributed by atoms with E-state index in [-0.39, 0.29) is 6.04 Å². The molecule has 3 rings (SSSR count). The van der Waals surface area contributed by atoms with Crippen LogP contribution in [0.1, 0.15) is 23.3 Å². The van der Waals surface area contributed by atoms with Crippen molar-refractivity contribution in [2.45, 2.75) is 19.4 Å². The maximum Gasteiger partial charge on any atom is 0.243 e. The summed E-state index contributed by atoms with van der Waals surface area (Å²) in [5, 5.41) is 3.77. The lowest BCUT2D eigenvalue weighted by atomic mass is 10.0. The fourth-order valence-corrected chi connectivity index (χ4v) is 2.27. The molecule has 0 spiro atoms. The molecule has 0 aliphatic carbocycles. The van der Waals surface area contributed by atoms with E-state index in [0.29, 0.717) is 18.1 Å². The average Bonchev–Trinajstić information content (AvgIpc) is 2.96. The summed E-state index contributed by atoms with van der Waals surface area (Å²) in [5.41, 5.74) is 9.65. The molecule has 2 aromatic carbocycles. The van der Waals surface area contributed by atoms with Gasteiger partial charge in [0.1, 0.15) is 0 Å². The Bertz CT molecular complexity index is 704. The SMILES string of the molecule is Cc1noc([C@H](N)Cc2ccc(-c3ccccc3)cc2)n1. The van der Waals surface area contributed by atoms with Crippen molar-refractivity contribution in [2.24, 2.45) is 5.73 Å². The van der Waals surface area contributed by atoms with Crippen molar-refractivity contribution in [1.29, 1.82) is 0 Å². The van der Waals surface area contributed by atoms with Crippen molar-refractivity contribution in [1.82, 2.24) is 10.1 Å². The largest absolute Gasteiger partial charge is 0.338 e. The molecule has 0 aliphatic heterocycles. The van der Waals surface area contributed by atoms with Crippen LogP contribution >= 0.6 is 0 Å². The maximum atomic E-state index is 6.09. The van der Waals surface area contributed by atoms with E-state index in [4.69, 9.17) is 10.3 Å². The fraction of sp³-hybridized carbons (Fsp3) is 0.176. The summed E-state index contributed by atoms with van der Waals surface area (Å²) in [6.45, 7) is 1.79. The van der Waals surface area contributed by atoms with Gasteiger partial charge in [-0.15, -0.1) is 0 Å². The van der Waals surface area contributed by atoms with Crippen molar-refractivity contribution >= 4 is 0 Å². The number of aromatic nitrogens is 2. The highest BCUT2D eigenvalue weighted by Crippen LogP contribution is 2.21. The summed E-state index contributed by atoms with van der Waals surface area (Å²) >= 11 is 0. The molecule has 0 bridgehead atoms. The molecule has 0 unspecified atom stereocenters. The smallest absolute Gasteiger partial charge is 0.243 e. The van der Waals surface area contributed by atoms with E-state index in [9.17, 15) is 0 Å². The summed E-state index contributed by atoms with van der Waals surface area (Å²) < 4.78 is 5.11. The van der Waals surface area contributed by atoms with Gasteiger partial charge >= 0.3 is 0 Å². The van der Waals surface area contributed by atoms with E-state index < -0.39 is 0 Å². The van der Waals surface area contributed by atoms with Crippen LogP contribution in [0.4, 0.5) is 0 Å². The Morgan fingerprint density at radius 2 is 1.67 bits per heavy atom. The van der Waals surface area contributed by atoms with Gasteiger partial charge in [0.05, 0.1) is 6.04 Å². The highest BCUT2D eigenvalue weighted by molar-refractivity contribution is 5.63. The third-order valence-electron chi connectivity index (χ3n) is 3.38. The normalized spacial score (nSPS) is 12.3. The van der Waals surface area contributed by atoms with Gasteiger partial charge in [-0.25, -0.2) is 0 Å². The first-order valence-electron chi connectivity index (χ1n) is 6.92. The first-order valence-corrected chi connectivity index (χ1v) is 6.92. The van der Waals surface area contributed by atoms with Gasteiger partial charge in [0.25, 0.3) is 0 Å². The topological polar surface area (TPSA) is 64.9 Å². The Kier molecular flexibility index (Phi) is 3.79. The lowest BCUT2D eigenvalue weighted by molar-refractivity contribution is 0.351. The molecule has 21 heavy (non-hydrogen) atoms. The third-order valence-corrected chi connectivity index (χ3v) is 3.38. The minimum absolute atomic E-state index is 0.270. The second-order valence-corrected chi connectivity index (χ2v) is 5.05. The molecule has 1 heterocycles. The molecule has 0 saturated heterocycles. The zero-order chi connectivity index (χ0) is 14.7. The van der Waals surface area contributed by atoms with Gasteiger partial charge in [-0.2, -0.15) is 4.98 Å². The van der Waals surface area contributed by atoms with E-state index >= 15 is 0 Å². The molecule has 1 aromatic heterocycles. The Balaban J connectivity index is 1.73. The molecule has 4 heteroatoms. The van der Waals surface area contributed by atoms with Gasteiger partial charge in [0.2, 0.25) is 5.89 Å². The van der Waals surface area contributed by atoms with Crippen LogP contribution in [0.15, 0.2) is 59.1 Å². The zero-order valence-electron chi connectivity index (χ0n) is 11.9. The van der Waals surface area contributed by atoms with Gasteiger partial charge in [-0.05, 0) is 30.0 Å². The Labute approximate surface area is 123 Å². The molecule has 3 aromatic rings. The van der Waals surface area contributed by atoms with E-state index in [0.717, 1.165) is 5.56 Å². The molecule has 0 amide bonds. The van der Waals surface area contributed by atoms with Crippen molar-refractivity contribution in [3.63, 3.8) is 0 Å². The van der Waals surface area contributed by atoms with Crippen molar-refractivity contribution < 1.29 is 4.52 Å². The predicted molar refractivity (Wildman–Crippen MR) is 81.5 cm³/mol. The van der Waals surface area contributed by atoms with Gasteiger partial charge in [-0.1, -0.05) is 59.8 Å². The highest BCUT2D eigenvalue weighted by atomic mass is 16.5. The summed E-state index contributed by atoms with van der Waals surface area (Å²) in [7, 11) is 0. The van der Waals surface area contributed by atoms with Crippen molar-refractivity contribution in [3.05, 3.63) is 71.9 Å². The van der Waals surface area contributed by atoms with Crippen LogP contribution in [0.5, 0.6) is 0 Å². The van der Waals surface area contributed by atoms with Gasteiger partial charge < -0.3 is 10.3 Å². The van der Waals surface area contributed by atoms with Crippen molar-refractivity contribution in [2.75, 3.05) is 0 Å². The van der Waals surface area contributed by atoms with Gasteiger partial charge in [0.15, 0.2) is 5.82 Å². The van der Waals surface area contributed by atoms with E-state index in [2.05, 4.69) is 46.5 Å². The van der Waals surface area contributed by atoms with E-state index in [1.165, 1.54) is 11.1 Å². The number of nitrogens with two attached hydrogens (primary N) is 1. The van der Waals surface area contributed by atoms with Crippen LogP contribution in [0.25, 0.3) is 11.1 Å². The standard InChI is InChI=1S/C17H17N3O/c1-12-19-17(21-20-12)16(18)11-13-7-9-15(10-8-13)14-5-3-2-4-6-14/h2-10,16H,11,18H2,1H3/t16-/m1/s1. The molecular formula is C17H17N3O. The second kappa shape index (κ2) is 5.89. The number of nitrogens with zero attached hydrogens (tertiary/aromatic N) is 2. The summed E-state index contributed by atoms with van der Waals surface area (Å²) in [4.78, 5) is 4.17.